The lowest BCUT2D eigenvalue weighted by Crippen LogP contribution is -2.32. The van der Waals surface area contributed by atoms with E-state index in [1.165, 1.54) is 95.5 Å². The molecule has 1 aromatic heterocycles. The minimum Gasteiger partial charge on any atom is -0.493 e. The predicted octanol–water partition coefficient (Wildman–Crippen LogP) is 8.65. The Morgan fingerprint density at radius 2 is 1.03 bits per heavy atom. The molecule has 0 fully saturated rings. The maximum Gasteiger partial charge on any atom is 0.203 e. The zero-order valence-corrected chi connectivity index (χ0v) is 23.4. The predicted molar refractivity (Wildman–Crippen MR) is 152 cm³/mol. The number of unbranched alkanes of at least 4 members (excludes halogenated alkanes) is 13. The fourth-order valence-corrected chi connectivity index (χ4v) is 4.61. The number of ether oxygens (including phenoxy) is 3. The summed E-state index contributed by atoms with van der Waals surface area (Å²) < 4.78 is 18.6. The van der Waals surface area contributed by atoms with Crippen molar-refractivity contribution in [2.45, 2.75) is 103 Å². The number of benzene rings is 1. The number of hydrogen-bond acceptors (Lipinski definition) is 3. The van der Waals surface area contributed by atoms with Crippen molar-refractivity contribution in [3.8, 4) is 17.2 Å². The minimum atomic E-state index is 0.612. The highest BCUT2D eigenvalue weighted by Gasteiger charge is 2.12. The van der Waals surface area contributed by atoms with Crippen molar-refractivity contribution in [3.63, 3.8) is 0 Å². The molecule has 0 saturated heterocycles. The Morgan fingerprint density at radius 1 is 0.583 bits per heavy atom. The second-order valence-electron chi connectivity index (χ2n) is 9.76. The van der Waals surface area contributed by atoms with Crippen LogP contribution in [0.3, 0.4) is 0 Å². The summed E-state index contributed by atoms with van der Waals surface area (Å²) in [5, 5.41) is 0. The highest BCUT2D eigenvalue weighted by atomic mass is 16.5. The molecule has 0 aliphatic rings. The highest BCUT2D eigenvalue weighted by molar-refractivity contribution is 5.72. The monoisotopic (exact) mass is 496 g/mol. The standard InChI is InChI=1S/C32H50NO3/c1-5-6-7-8-9-10-11-12-13-14-15-16-17-18-23-33-24-21-28(22-25-33)19-20-29-26-30(34-2)32(36-4)31(27-29)35-3/h19-22,24-27H,5-18,23H2,1-4H3/q+1. The Bertz CT molecular complexity index is 835. The quantitative estimate of drug-likeness (QED) is 0.136. The molecule has 0 spiro atoms. The lowest BCUT2D eigenvalue weighted by atomic mass is 10.0. The van der Waals surface area contributed by atoms with Crippen LogP contribution in [0.2, 0.25) is 0 Å². The molecule has 0 aliphatic carbocycles. The van der Waals surface area contributed by atoms with Crippen molar-refractivity contribution < 1.29 is 18.8 Å². The molecule has 200 valence electrons. The van der Waals surface area contributed by atoms with Gasteiger partial charge in [-0.3, -0.25) is 0 Å². The second kappa shape index (κ2) is 18.7. The van der Waals surface area contributed by atoms with E-state index in [-0.39, 0.29) is 0 Å². The van der Waals surface area contributed by atoms with Crippen molar-refractivity contribution in [1.29, 1.82) is 0 Å². The third-order valence-electron chi connectivity index (χ3n) is 6.84. The van der Waals surface area contributed by atoms with E-state index in [1.54, 1.807) is 21.3 Å². The summed E-state index contributed by atoms with van der Waals surface area (Å²) >= 11 is 0. The Labute approximate surface area is 220 Å². The van der Waals surface area contributed by atoms with Gasteiger partial charge in [-0.25, -0.2) is 4.57 Å². The first-order valence-electron chi connectivity index (χ1n) is 14.2. The average molecular weight is 497 g/mol. The van der Waals surface area contributed by atoms with E-state index < -0.39 is 0 Å². The normalized spacial score (nSPS) is 11.2. The summed E-state index contributed by atoms with van der Waals surface area (Å²) in [5.74, 6) is 1.94. The first-order chi connectivity index (χ1) is 17.7. The second-order valence-corrected chi connectivity index (χ2v) is 9.76. The molecule has 4 nitrogen and oxygen atoms in total. The number of aromatic nitrogens is 1. The molecular weight excluding hydrogens is 446 g/mol. The molecule has 0 amide bonds. The molecule has 0 N–H and O–H groups in total. The van der Waals surface area contributed by atoms with Gasteiger partial charge >= 0.3 is 0 Å². The first-order valence-corrected chi connectivity index (χ1v) is 14.2. The maximum absolute atomic E-state index is 5.45. The Morgan fingerprint density at radius 3 is 1.47 bits per heavy atom. The maximum atomic E-state index is 5.45. The average Bonchev–Trinajstić information content (AvgIpc) is 2.92. The van der Waals surface area contributed by atoms with Gasteiger partial charge < -0.3 is 14.2 Å². The van der Waals surface area contributed by atoms with Crippen LogP contribution < -0.4 is 18.8 Å². The summed E-state index contributed by atoms with van der Waals surface area (Å²) in [6, 6.07) is 8.24. The zero-order valence-electron chi connectivity index (χ0n) is 23.4. The minimum absolute atomic E-state index is 0.612. The van der Waals surface area contributed by atoms with Gasteiger partial charge in [-0.1, -0.05) is 96.1 Å². The van der Waals surface area contributed by atoms with E-state index >= 15 is 0 Å². The van der Waals surface area contributed by atoms with Crippen LogP contribution in [0.25, 0.3) is 12.2 Å². The Balaban J connectivity index is 1.60. The van der Waals surface area contributed by atoms with Crippen LogP contribution in [0.15, 0.2) is 36.7 Å². The van der Waals surface area contributed by atoms with Crippen molar-refractivity contribution >= 4 is 12.2 Å². The van der Waals surface area contributed by atoms with E-state index in [1.807, 2.05) is 12.1 Å². The van der Waals surface area contributed by atoms with Crippen LogP contribution in [-0.4, -0.2) is 21.3 Å². The smallest absolute Gasteiger partial charge is 0.203 e. The zero-order chi connectivity index (χ0) is 25.8. The van der Waals surface area contributed by atoms with Crippen LogP contribution in [0.5, 0.6) is 17.2 Å². The van der Waals surface area contributed by atoms with Crippen LogP contribution in [0.1, 0.15) is 108 Å². The van der Waals surface area contributed by atoms with Crippen molar-refractivity contribution in [1.82, 2.24) is 0 Å². The molecule has 4 heteroatoms. The van der Waals surface area contributed by atoms with Gasteiger partial charge in [0.1, 0.15) is 6.54 Å². The molecule has 2 rings (SSSR count). The van der Waals surface area contributed by atoms with Crippen LogP contribution >= 0.6 is 0 Å². The van der Waals surface area contributed by atoms with Gasteiger partial charge in [-0.05, 0) is 29.7 Å². The summed E-state index contributed by atoms with van der Waals surface area (Å²) in [7, 11) is 4.89. The largest absolute Gasteiger partial charge is 0.493 e. The molecule has 2 aromatic rings. The van der Waals surface area contributed by atoms with Gasteiger partial charge in [-0.15, -0.1) is 0 Å². The number of pyridine rings is 1. The van der Waals surface area contributed by atoms with Crippen LogP contribution in [-0.2, 0) is 6.54 Å². The first kappa shape index (κ1) is 29.7. The molecule has 0 unspecified atom stereocenters. The van der Waals surface area contributed by atoms with Crippen molar-refractivity contribution in [2.24, 2.45) is 0 Å². The van der Waals surface area contributed by atoms with Gasteiger partial charge in [0, 0.05) is 18.6 Å². The van der Waals surface area contributed by atoms with E-state index in [2.05, 4.69) is 48.2 Å². The molecule has 0 radical (unpaired) electrons. The highest BCUT2D eigenvalue weighted by Crippen LogP contribution is 2.38. The summed E-state index contributed by atoms with van der Waals surface area (Å²) in [4.78, 5) is 0. The SMILES string of the molecule is CCCCCCCCCCCCCCCC[n+]1ccc(C=Cc2cc(OC)c(OC)c(OC)c2)cc1. The lowest BCUT2D eigenvalue weighted by Gasteiger charge is -2.12. The fourth-order valence-electron chi connectivity index (χ4n) is 4.61. The van der Waals surface area contributed by atoms with E-state index in [0.717, 1.165) is 12.1 Å². The summed E-state index contributed by atoms with van der Waals surface area (Å²) in [6.45, 7) is 3.38. The molecule has 0 bridgehead atoms. The third kappa shape index (κ3) is 11.5. The Kier molecular flexibility index (Phi) is 15.5. The van der Waals surface area contributed by atoms with Crippen LogP contribution in [0.4, 0.5) is 0 Å². The molecule has 0 atom stereocenters. The molecule has 0 saturated carbocycles. The number of aryl methyl sites for hydroxylation is 1. The number of methoxy groups -OCH3 is 3. The summed E-state index contributed by atoms with van der Waals surface area (Å²) in [6.07, 6.45) is 28.1. The molecule has 1 heterocycles. The lowest BCUT2D eigenvalue weighted by molar-refractivity contribution is -0.697. The topological polar surface area (TPSA) is 31.6 Å². The Hall–Kier alpha value is -2.49. The van der Waals surface area contributed by atoms with E-state index in [0.29, 0.717) is 17.2 Å². The summed E-state index contributed by atoms with van der Waals surface area (Å²) in [5.41, 5.74) is 2.17. The van der Waals surface area contributed by atoms with Gasteiger partial charge in [0.05, 0.1) is 21.3 Å². The van der Waals surface area contributed by atoms with Crippen molar-refractivity contribution in [2.75, 3.05) is 21.3 Å². The molecule has 0 aliphatic heterocycles. The van der Waals surface area contributed by atoms with Crippen molar-refractivity contribution in [3.05, 3.63) is 47.8 Å². The number of rotatable bonds is 20. The number of hydrogen-bond donors (Lipinski definition) is 0. The van der Waals surface area contributed by atoms with Crippen LogP contribution in [0, 0.1) is 0 Å². The number of nitrogens with zero attached hydrogens (tertiary/aromatic N) is 1. The van der Waals surface area contributed by atoms with Gasteiger partial charge in [-0.2, -0.15) is 0 Å². The van der Waals surface area contributed by atoms with Gasteiger partial charge in [0.2, 0.25) is 5.75 Å². The molecular formula is C32H50NO3+. The fraction of sp³-hybridized carbons (Fsp3) is 0.594. The molecule has 1 aromatic carbocycles. The van der Waals surface area contributed by atoms with E-state index in [9.17, 15) is 0 Å². The van der Waals surface area contributed by atoms with E-state index in [4.69, 9.17) is 14.2 Å². The third-order valence-corrected chi connectivity index (χ3v) is 6.84. The van der Waals surface area contributed by atoms with Gasteiger partial charge in [0.25, 0.3) is 0 Å². The van der Waals surface area contributed by atoms with Gasteiger partial charge in [0.15, 0.2) is 23.9 Å². The molecule has 36 heavy (non-hydrogen) atoms.